The molecule has 0 radical (unpaired) electrons. The molecule has 3 heterocycles. The lowest BCUT2D eigenvalue weighted by atomic mass is 9.32. The van der Waals surface area contributed by atoms with Gasteiger partial charge in [-0.05, 0) is 193 Å². The topological polar surface area (TPSA) is 19.6 Å². The maximum atomic E-state index is 7.21. The third kappa shape index (κ3) is 6.44. The zero-order valence-electron chi connectivity index (χ0n) is 44.8. The van der Waals surface area contributed by atoms with E-state index in [9.17, 15) is 0 Å². The van der Waals surface area contributed by atoms with Crippen molar-refractivity contribution in [3.05, 3.63) is 136 Å². The molecule has 0 amide bonds. The summed E-state index contributed by atoms with van der Waals surface area (Å²) in [7, 11) is 0. The molecule has 0 bridgehead atoms. The molecule has 2 aliphatic heterocycles. The summed E-state index contributed by atoms with van der Waals surface area (Å²) in [6.45, 7) is 39.0. The summed E-state index contributed by atoms with van der Waals surface area (Å²) in [4.78, 5) is 5.34. The molecule has 0 N–H and O–H groups in total. The van der Waals surface area contributed by atoms with Crippen LogP contribution >= 0.6 is 0 Å². The molecule has 1 aromatic heterocycles. The van der Waals surface area contributed by atoms with Gasteiger partial charge in [-0.25, -0.2) is 0 Å². The molecule has 12 rings (SSSR count). The Morgan fingerprint density at radius 3 is 1.46 bits per heavy atom. The number of fused-ring (bicyclic) bond motifs is 10. The van der Waals surface area contributed by atoms with Crippen molar-refractivity contribution in [2.24, 2.45) is 0 Å². The van der Waals surface area contributed by atoms with E-state index in [2.05, 4.69) is 212 Å². The van der Waals surface area contributed by atoms with Gasteiger partial charge in [-0.2, -0.15) is 0 Å². The molecule has 0 spiro atoms. The monoisotopic (exact) mass is 911 g/mol. The molecule has 0 atom stereocenters. The van der Waals surface area contributed by atoms with E-state index >= 15 is 0 Å². The average molecular weight is 911 g/mol. The highest BCUT2D eigenvalue weighted by atomic mass is 16.3. The molecular formula is C65H75BN2O. The molecule has 3 nitrogen and oxygen atoms in total. The van der Waals surface area contributed by atoms with Gasteiger partial charge >= 0.3 is 0 Å². The van der Waals surface area contributed by atoms with Gasteiger partial charge in [-0.15, -0.1) is 0 Å². The summed E-state index contributed by atoms with van der Waals surface area (Å²) in [6, 6.07) is 37.0. The Hall–Kier alpha value is -5.22. The lowest BCUT2D eigenvalue weighted by Crippen LogP contribution is -2.62. The number of para-hydroxylation sites is 1. The van der Waals surface area contributed by atoms with Gasteiger partial charge in [0.05, 0.1) is 5.69 Å². The average Bonchev–Trinajstić information content (AvgIpc) is 3.66. The highest BCUT2D eigenvalue weighted by Gasteiger charge is 2.49. The van der Waals surface area contributed by atoms with Gasteiger partial charge in [-0.1, -0.05) is 146 Å². The van der Waals surface area contributed by atoms with Crippen molar-refractivity contribution in [3.63, 3.8) is 0 Å². The number of hydrogen-bond acceptors (Lipinski definition) is 3. The molecule has 0 saturated carbocycles. The maximum absolute atomic E-state index is 7.21. The smallest absolute Gasteiger partial charge is 0.252 e. The van der Waals surface area contributed by atoms with Gasteiger partial charge in [-0.3, -0.25) is 0 Å². The number of nitrogens with zero attached hydrogens (tertiary/aromatic N) is 2. The number of rotatable bonds is 2. The molecule has 3 aliphatic carbocycles. The molecule has 5 aliphatic rings. The fourth-order valence-electron chi connectivity index (χ4n) is 13.9. The van der Waals surface area contributed by atoms with Gasteiger partial charge < -0.3 is 14.2 Å². The normalized spacial score (nSPS) is 20.7. The zero-order chi connectivity index (χ0) is 48.9. The molecule has 0 unspecified atom stereocenters. The van der Waals surface area contributed by atoms with Crippen LogP contribution in [0.15, 0.2) is 95.4 Å². The Morgan fingerprint density at radius 2 is 0.928 bits per heavy atom. The number of anilines is 6. The lowest BCUT2D eigenvalue weighted by molar-refractivity contribution is 0.332. The van der Waals surface area contributed by atoms with Crippen molar-refractivity contribution in [1.29, 1.82) is 0 Å². The van der Waals surface area contributed by atoms with Crippen LogP contribution in [0.1, 0.15) is 187 Å². The van der Waals surface area contributed by atoms with Crippen LogP contribution in [-0.2, 0) is 37.9 Å². The fraction of sp³-hybridized carbons (Fsp3) is 0.446. The zero-order valence-corrected chi connectivity index (χ0v) is 44.8. The third-order valence-corrected chi connectivity index (χ3v) is 18.8. The molecule has 6 aromatic carbocycles. The van der Waals surface area contributed by atoms with Crippen LogP contribution in [0, 0.1) is 6.92 Å². The van der Waals surface area contributed by atoms with Crippen LogP contribution in [-0.4, -0.2) is 6.71 Å². The van der Waals surface area contributed by atoms with E-state index < -0.39 is 0 Å². The van der Waals surface area contributed by atoms with Crippen molar-refractivity contribution in [3.8, 4) is 0 Å². The molecule has 69 heavy (non-hydrogen) atoms. The van der Waals surface area contributed by atoms with Crippen molar-refractivity contribution >= 4 is 79.2 Å². The molecule has 4 heteroatoms. The minimum atomic E-state index is 0.00745. The summed E-state index contributed by atoms with van der Waals surface area (Å²) < 4.78 is 7.21. The highest BCUT2D eigenvalue weighted by Crippen LogP contribution is 2.55. The van der Waals surface area contributed by atoms with Gasteiger partial charge in [0.25, 0.3) is 6.71 Å². The molecule has 0 saturated heterocycles. The SMILES string of the molecule is Cc1cc2c3c(c1)N(c1cccc4c1oc1cc(C(C)(C)C)ccc14)c1cc4c(cc1B3c1cc3c(cc1N2c1ccc2c(c1)C(C)(C)CCC2(C)C)C(C)(C)CCC3(C)C)C(C)(C)CCC4(C)C. The predicted molar refractivity (Wildman–Crippen MR) is 297 cm³/mol. The van der Waals surface area contributed by atoms with E-state index in [1.54, 1.807) is 0 Å². The number of furan rings is 1. The van der Waals surface area contributed by atoms with Crippen LogP contribution in [0.3, 0.4) is 0 Å². The number of aryl methyl sites for hydroxylation is 1. The number of hydrogen-bond donors (Lipinski definition) is 0. The van der Waals surface area contributed by atoms with Crippen molar-refractivity contribution < 1.29 is 4.42 Å². The van der Waals surface area contributed by atoms with Crippen LogP contribution in [0.5, 0.6) is 0 Å². The van der Waals surface area contributed by atoms with E-state index in [1.807, 2.05) is 0 Å². The standard InChI is InChI=1S/C65H75BN2O/c1-38-30-54-57-55(31-38)68(51-19-17-18-42-41-22-20-39(59(2,3)4)32-56(41)69-58(42)51)53-37-48-46(63(11,12)27-29-65(48,15)16)35-50(53)66(57)49-34-45-47(64(13,14)28-26-62(45,9)10)36-52(49)67(54)40-21-23-43-44(33-40)61(7,8)25-24-60(43,5)6/h17-23,30-37H,24-29H2,1-16H3. The van der Waals surface area contributed by atoms with E-state index in [0.717, 1.165) is 28.7 Å². The minimum absolute atomic E-state index is 0.00745. The van der Waals surface area contributed by atoms with Gasteiger partial charge in [0.2, 0.25) is 0 Å². The second-order valence-electron chi connectivity index (χ2n) is 27.5. The van der Waals surface area contributed by atoms with Crippen molar-refractivity contribution in [2.45, 2.75) is 187 Å². The second kappa shape index (κ2) is 14.0. The maximum Gasteiger partial charge on any atom is 0.252 e. The third-order valence-electron chi connectivity index (χ3n) is 18.8. The highest BCUT2D eigenvalue weighted by molar-refractivity contribution is 7.00. The summed E-state index contributed by atoms with van der Waals surface area (Å²) >= 11 is 0. The van der Waals surface area contributed by atoms with Gasteiger partial charge in [0.15, 0.2) is 5.58 Å². The van der Waals surface area contributed by atoms with E-state index in [0.29, 0.717) is 0 Å². The summed E-state index contributed by atoms with van der Waals surface area (Å²) in [5.74, 6) is 0. The minimum Gasteiger partial charge on any atom is -0.454 e. The Labute approximate surface area is 414 Å². The number of benzene rings is 6. The molecule has 0 fully saturated rings. The Balaban J connectivity index is 1.22. The first-order valence-electron chi connectivity index (χ1n) is 26.4. The predicted octanol–water partition coefficient (Wildman–Crippen LogP) is 16.3. The van der Waals surface area contributed by atoms with Crippen LogP contribution < -0.4 is 26.2 Å². The Kier molecular flexibility index (Phi) is 9.13. The Bertz CT molecular complexity index is 3360. The first-order valence-corrected chi connectivity index (χ1v) is 26.4. The summed E-state index contributed by atoms with van der Waals surface area (Å²) in [6.07, 6.45) is 7.07. The summed E-state index contributed by atoms with van der Waals surface area (Å²) in [5.41, 5.74) is 25.6. The summed E-state index contributed by atoms with van der Waals surface area (Å²) in [5, 5.41) is 2.33. The van der Waals surface area contributed by atoms with E-state index in [4.69, 9.17) is 4.42 Å². The molecule has 354 valence electrons. The Morgan fingerprint density at radius 1 is 0.449 bits per heavy atom. The first kappa shape index (κ1) is 45.0. The van der Waals surface area contributed by atoms with Crippen LogP contribution in [0.25, 0.3) is 21.9 Å². The molecule has 7 aromatic rings. The van der Waals surface area contributed by atoms with Gasteiger partial charge in [0.1, 0.15) is 5.58 Å². The fourth-order valence-corrected chi connectivity index (χ4v) is 13.9. The quantitative estimate of drug-likeness (QED) is 0.161. The molecular weight excluding hydrogens is 836 g/mol. The van der Waals surface area contributed by atoms with E-state index in [-0.39, 0.29) is 44.6 Å². The first-order chi connectivity index (χ1) is 32.2. The van der Waals surface area contributed by atoms with Crippen molar-refractivity contribution in [2.75, 3.05) is 9.80 Å². The second-order valence-corrected chi connectivity index (χ2v) is 27.5. The van der Waals surface area contributed by atoms with Crippen LogP contribution in [0.4, 0.5) is 34.1 Å². The van der Waals surface area contributed by atoms with Crippen LogP contribution in [0.2, 0.25) is 0 Å². The van der Waals surface area contributed by atoms with Gasteiger partial charge in [0, 0.05) is 39.2 Å². The van der Waals surface area contributed by atoms with E-state index in [1.165, 1.54) is 127 Å². The van der Waals surface area contributed by atoms with Crippen molar-refractivity contribution in [1.82, 2.24) is 0 Å². The largest absolute Gasteiger partial charge is 0.454 e. The lowest BCUT2D eigenvalue weighted by Gasteiger charge is -2.49.